The van der Waals surface area contributed by atoms with Gasteiger partial charge in [0.15, 0.2) is 0 Å². The SMILES string of the molecule is CC(C)c1ccc(NC(=O)CN2C(=O)CCc3cc(Br)ccc32)cc1. The van der Waals surface area contributed by atoms with Crippen LogP contribution >= 0.6 is 15.9 Å². The van der Waals surface area contributed by atoms with Crippen LogP contribution in [-0.4, -0.2) is 18.4 Å². The highest BCUT2D eigenvalue weighted by Crippen LogP contribution is 2.30. The summed E-state index contributed by atoms with van der Waals surface area (Å²) in [4.78, 5) is 26.3. The Bertz CT molecular complexity index is 800. The van der Waals surface area contributed by atoms with E-state index in [9.17, 15) is 9.59 Å². The molecule has 0 atom stereocenters. The molecule has 0 fully saturated rings. The van der Waals surface area contributed by atoms with E-state index in [1.165, 1.54) is 5.56 Å². The molecular formula is C20H21BrN2O2. The number of halogens is 1. The second-order valence-corrected chi connectivity index (χ2v) is 7.49. The number of hydrogen-bond acceptors (Lipinski definition) is 2. The first-order valence-corrected chi connectivity index (χ1v) is 9.22. The quantitative estimate of drug-likeness (QED) is 0.821. The van der Waals surface area contributed by atoms with Crippen LogP contribution in [0.4, 0.5) is 11.4 Å². The number of fused-ring (bicyclic) bond motifs is 1. The molecule has 1 heterocycles. The summed E-state index contributed by atoms with van der Waals surface area (Å²) in [5.74, 6) is 0.244. The van der Waals surface area contributed by atoms with Crippen LogP contribution in [0.2, 0.25) is 0 Å². The van der Waals surface area contributed by atoms with Crippen molar-refractivity contribution in [3.8, 4) is 0 Å². The minimum atomic E-state index is -0.193. The Kier molecular flexibility index (Phi) is 5.23. The summed E-state index contributed by atoms with van der Waals surface area (Å²) >= 11 is 3.45. The molecule has 0 bridgehead atoms. The highest BCUT2D eigenvalue weighted by Gasteiger charge is 2.26. The molecule has 0 unspecified atom stereocenters. The van der Waals surface area contributed by atoms with Crippen molar-refractivity contribution in [2.75, 3.05) is 16.8 Å². The van der Waals surface area contributed by atoms with Crippen LogP contribution in [0.25, 0.3) is 0 Å². The Hall–Kier alpha value is -2.14. The zero-order chi connectivity index (χ0) is 18.0. The lowest BCUT2D eigenvalue weighted by Gasteiger charge is -2.29. The van der Waals surface area contributed by atoms with E-state index >= 15 is 0 Å². The van der Waals surface area contributed by atoms with E-state index in [1.54, 1.807) is 4.90 Å². The number of anilines is 2. The number of nitrogens with zero attached hydrogens (tertiary/aromatic N) is 1. The lowest BCUT2D eigenvalue weighted by Crippen LogP contribution is -2.40. The van der Waals surface area contributed by atoms with Crippen molar-refractivity contribution < 1.29 is 9.59 Å². The van der Waals surface area contributed by atoms with Crippen LogP contribution in [0.5, 0.6) is 0 Å². The van der Waals surface area contributed by atoms with Gasteiger partial charge in [0.2, 0.25) is 11.8 Å². The third-order valence-corrected chi connectivity index (χ3v) is 4.90. The van der Waals surface area contributed by atoms with Gasteiger partial charge in [-0.2, -0.15) is 0 Å². The highest BCUT2D eigenvalue weighted by atomic mass is 79.9. The van der Waals surface area contributed by atoms with E-state index < -0.39 is 0 Å². The van der Waals surface area contributed by atoms with E-state index in [4.69, 9.17) is 0 Å². The van der Waals surface area contributed by atoms with Crippen LogP contribution in [0, 0.1) is 0 Å². The summed E-state index contributed by atoms with van der Waals surface area (Å²) in [6, 6.07) is 13.6. The predicted molar refractivity (Wildman–Crippen MR) is 104 cm³/mol. The maximum Gasteiger partial charge on any atom is 0.244 e. The minimum absolute atomic E-state index is 0.0138. The third-order valence-electron chi connectivity index (χ3n) is 4.40. The molecule has 5 heteroatoms. The fourth-order valence-electron chi connectivity index (χ4n) is 3.00. The molecule has 1 aliphatic rings. The molecule has 2 amide bonds. The average Bonchev–Trinajstić information content (AvgIpc) is 2.58. The van der Waals surface area contributed by atoms with Crippen LogP contribution in [0.1, 0.15) is 37.3 Å². The molecule has 2 aromatic carbocycles. The average molecular weight is 401 g/mol. The van der Waals surface area contributed by atoms with Crippen molar-refractivity contribution in [1.29, 1.82) is 0 Å². The lowest BCUT2D eigenvalue weighted by molar-refractivity contribution is -0.121. The van der Waals surface area contributed by atoms with Crippen molar-refractivity contribution >= 4 is 39.1 Å². The Labute approximate surface area is 156 Å². The Morgan fingerprint density at radius 1 is 1.16 bits per heavy atom. The summed E-state index contributed by atoms with van der Waals surface area (Å²) in [6.07, 6.45) is 1.14. The first-order chi connectivity index (χ1) is 11.9. The van der Waals surface area contributed by atoms with E-state index in [0.29, 0.717) is 18.8 Å². The molecule has 1 aliphatic heterocycles. The van der Waals surface area contributed by atoms with Gasteiger partial charge in [0.1, 0.15) is 6.54 Å². The monoisotopic (exact) mass is 400 g/mol. The number of hydrogen-bond donors (Lipinski definition) is 1. The summed E-state index contributed by atoms with van der Waals surface area (Å²) in [5.41, 5.74) is 3.88. The predicted octanol–water partition coefficient (Wildman–Crippen LogP) is 4.49. The maximum atomic E-state index is 12.4. The molecule has 1 N–H and O–H groups in total. The van der Waals surface area contributed by atoms with Crippen molar-refractivity contribution in [2.24, 2.45) is 0 Å². The van der Waals surface area contributed by atoms with Crippen molar-refractivity contribution in [3.05, 3.63) is 58.1 Å². The van der Waals surface area contributed by atoms with E-state index in [1.807, 2.05) is 42.5 Å². The van der Waals surface area contributed by atoms with Gasteiger partial charge in [-0.15, -0.1) is 0 Å². The first kappa shape index (κ1) is 17.7. The molecule has 0 saturated heterocycles. The second kappa shape index (κ2) is 7.40. The first-order valence-electron chi connectivity index (χ1n) is 8.42. The normalized spacial score (nSPS) is 13.8. The number of carbonyl (C=O) groups excluding carboxylic acids is 2. The highest BCUT2D eigenvalue weighted by molar-refractivity contribution is 9.10. The van der Waals surface area contributed by atoms with Gasteiger partial charge in [0.25, 0.3) is 0 Å². The molecular weight excluding hydrogens is 380 g/mol. The summed E-state index contributed by atoms with van der Waals surface area (Å²) in [7, 11) is 0. The molecule has 130 valence electrons. The van der Waals surface area contributed by atoms with Gasteiger partial charge in [-0.05, 0) is 53.8 Å². The molecule has 0 aromatic heterocycles. The number of amides is 2. The molecule has 0 spiro atoms. The number of benzene rings is 2. The fourth-order valence-corrected chi connectivity index (χ4v) is 3.41. The van der Waals surface area contributed by atoms with E-state index in [0.717, 1.165) is 21.4 Å². The minimum Gasteiger partial charge on any atom is -0.325 e. The summed E-state index contributed by atoms with van der Waals surface area (Å²) < 4.78 is 0.982. The summed E-state index contributed by atoms with van der Waals surface area (Å²) in [6.45, 7) is 4.29. The van der Waals surface area contributed by atoms with Gasteiger partial charge in [-0.1, -0.05) is 41.9 Å². The Balaban J connectivity index is 1.71. The number of carbonyl (C=O) groups is 2. The Morgan fingerprint density at radius 3 is 2.56 bits per heavy atom. The second-order valence-electron chi connectivity index (χ2n) is 6.58. The van der Waals surface area contributed by atoms with Gasteiger partial charge in [0, 0.05) is 22.3 Å². The fraction of sp³-hybridized carbons (Fsp3) is 0.300. The maximum absolute atomic E-state index is 12.4. The van der Waals surface area contributed by atoms with Gasteiger partial charge >= 0.3 is 0 Å². The third kappa shape index (κ3) is 4.10. The smallest absolute Gasteiger partial charge is 0.244 e. The number of aryl methyl sites for hydroxylation is 1. The van der Waals surface area contributed by atoms with Crippen LogP contribution in [0.3, 0.4) is 0 Å². The number of rotatable bonds is 4. The molecule has 2 aromatic rings. The molecule has 0 aliphatic carbocycles. The molecule has 4 nitrogen and oxygen atoms in total. The van der Waals surface area contributed by atoms with Crippen molar-refractivity contribution in [2.45, 2.75) is 32.6 Å². The van der Waals surface area contributed by atoms with Gasteiger partial charge in [0.05, 0.1) is 0 Å². The largest absolute Gasteiger partial charge is 0.325 e. The molecule has 0 saturated carbocycles. The summed E-state index contributed by atoms with van der Waals surface area (Å²) in [5, 5.41) is 2.88. The van der Waals surface area contributed by atoms with Gasteiger partial charge in [-0.3, -0.25) is 9.59 Å². The van der Waals surface area contributed by atoms with Crippen LogP contribution < -0.4 is 10.2 Å². The van der Waals surface area contributed by atoms with Crippen LogP contribution in [0.15, 0.2) is 46.9 Å². The standard InChI is InChI=1S/C20H21BrN2O2/c1-13(2)14-3-7-17(8-4-14)22-19(24)12-23-18-9-6-16(21)11-15(18)5-10-20(23)25/h3-4,6-9,11,13H,5,10,12H2,1-2H3,(H,22,24). The van der Waals surface area contributed by atoms with Crippen molar-refractivity contribution in [1.82, 2.24) is 0 Å². The topological polar surface area (TPSA) is 49.4 Å². The Morgan fingerprint density at radius 2 is 1.88 bits per heavy atom. The zero-order valence-electron chi connectivity index (χ0n) is 14.4. The van der Waals surface area contributed by atoms with E-state index in [-0.39, 0.29) is 18.4 Å². The molecule has 3 rings (SSSR count). The van der Waals surface area contributed by atoms with Crippen LogP contribution in [-0.2, 0) is 16.0 Å². The van der Waals surface area contributed by atoms with E-state index in [2.05, 4.69) is 35.1 Å². The number of nitrogens with one attached hydrogen (secondary N) is 1. The zero-order valence-corrected chi connectivity index (χ0v) is 16.0. The van der Waals surface area contributed by atoms with Gasteiger partial charge < -0.3 is 10.2 Å². The lowest BCUT2D eigenvalue weighted by atomic mass is 10.0. The molecule has 0 radical (unpaired) electrons. The molecule has 25 heavy (non-hydrogen) atoms. The van der Waals surface area contributed by atoms with Crippen molar-refractivity contribution in [3.63, 3.8) is 0 Å². The van der Waals surface area contributed by atoms with Gasteiger partial charge in [-0.25, -0.2) is 0 Å².